The van der Waals surface area contributed by atoms with Gasteiger partial charge in [0.05, 0.1) is 4.90 Å². The Bertz CT molecular complexity index is 1120. The molecule has 0 saturated heterocycles. The van der Waals surface area contributed by atoms with E-state index in [1.54, 1.807) is 54.6 Å². The normalized spacial score (nSPS) is 11.4. The zero-order chi connectivity index (χ0) is 20.9. The lowest BCUT2D eigenvalue weighted by Gasteiger charge is -2.09. The molecule has 0 saturated carbocycles. The van der Waals surface area contributed by atoms with Gasteiger partial charge in [0.2, 0.25) is 5.91 Å². The molecule has 6 heteroatoms. The van der Waals surface area contributed by atoms with E-state index in [2.05, 4.69) is 10.0 Å². The summed E-state index contributed by atoms with van der Waals surface area (Å²) in [6.07, 6.45) is 3.19. The van der Waals surface area contributed by atoms with E-state index >= 15 is 0 Å². The summed E-state index contributed by atoms with van der Waals surface area (Å²) in [4.78, 5) is 12.3. The lowest BCUT2D eigenvalue weighted by molar-refractivity contribution is -0.111. The molecule has 3 aromatic rings. The minimum Gasteiger partial charge on any atom is -0.323 e. The highest BCUT2D eigenvalue weighted by Crippen LogP contribution is 2.19. The van der Waals surface area contributed by atoms with Crippen molar-refractivity contribution >= 4 is 33.4 Å². The number of aryl methyl sites for hydroxylation is 2. The summed E-state index contributed by atoms with van der Waals surface area (Å²) in [7, 11) is -3.66. The van der Waals surface area contributed by atoms with Gasteiger partial charge in [0, 0.05) is 17.5 Å². The predicted octanol–water partition coefficient (Wildman–Crippen LogP) is 4.76. The van der Waals surface area contributed by atoms with Crippen LogP contribution in [0.1, 0.15) is 16.7 Å². The molecule has 0 fully saturated rings. The standard InChI is InChI=1S/C23H22N2O3S/c1-17-3-7-19(8-4-17)9-16-23(26)24-20-10-12-21(13-11-20)25-29(27,28)22-14-5-18(2)6-15-22/h3-16,25H,1-2H3,(H,24,26). The van der Waals surface area contributed by atoms with E-state index in [-0.39, 0.29) is 10.8 Å². The maximum Gasteiger partial charge on any atom is 0.261 e. The second-order valence-electron chi connectivity index (χ2n) is 6.73. The van der Waals surface area contributed by atoms with E-state index < -0.39 is 10.0 Å². The first-order chi connectivity index (χ1) is 13.8. The molecule has 0 aliphatic heterocycles. The van der Waals surface area contributed by atoms with E-state index in [9.17, 15) is 13.2 Å². The van der Waals surface area contributed by atoms with Crippen LogP contribution in [0.5, 0.6) is 0 Å². The molecule has 1 amide bonds. The summed E-state index contributed by atoms with van der Waals surface area (Å²) in [5.74, 6) is -0.265. The van der Waals surface area contributed by atoms with Gasteiger partial charge in [-0.15, -0.1) is 0 Å². The predicted molar refractivity (Wildman–Crippen MR) is 117 cm³/mol. The van der Waals surface area contributed by atoms with Crippen LogP contribution >= 0.6 is 0 Å². The highest BCUT2D eigenvalue weighted by molar-refractivity contribution is 7.92. The van der Waals surface area contributed by atoms with E-state index in [1.165, 1.54) is 6.08 Å². The molecule has 0 atom stereocenters. The van der Waals surface area contributed by atoms with Gasteiger partial charge in [-0.3, -0.25) is 9.52 Å². The summed E-state index contributed by atoms with van der Waals surface area (Å²) >= 11 is 0. The summed E-state index contributed by atoms with van der Waals surface area (Å²) < 4.78 is 27.4. The molecule has 2 N–H and O–H groups in total. The Labute approximate surface area is 171 Å². The molecule has 0 aliphatic rings. The summed E-state index contributed by atoms with van der Waals surface area (Å²) in [6, 6.07) is 20.9. The Balaban J connectivity index is 1.61. The number of carbonyl (C=O) groups is 1. The van der Waals surface area contributed by atoms with Gasteiger partial charge in [0.15, 0.2) is 0 Å². The molecule has 29 heavy (non-hydrogen) atoms. The van der Waals surface area contributed by atoms with Gasteiger partial charge in [-0.25, -0.2) is 8.42 Å². The Morgan fingerprint density at radius 1 is 0.759 bits per heavy atom. The molecule has 0 aromatic heterocycles. The third-order valence-corrected chi connectivity index (χ3v) is 5.64. The monoisotopic (exact) mass is 406 g/mol. The van der Waals surface area contributed by atoms with Gasteiger partial charge in [-0.1, -0.05) is 47.5 Å². The summed E-state index contributed by atoms with van der Waals surface area (Å²) in [5.41, 5.74) is 4.07. The zero-order valence-corrected chi connectivity index (χ0v) is 17.0. The van der Waals surface area contributed by atoms with Gasteiger partial charge in [0.25, 0.3) is 10.0 Å². The molecular formula is C23H22N2O3S. The molecule has 5 nitrogen and oxygen atoms in total. The van der Waals surface area contributed by atoms with Crippen molar-refractivity contribution in [1.29, 1.82) is 0 Å². The van der Waals surface area contributed by atoms with Crippen LogP contribution in [-0.4, -0.2) is 14.3 Å². The maximum atomic E-state index is 12.4. The molecular weight excluding hydrogens is 384 g/mol. The Morgan fingerprint density at radius 3 is 1.86 bits per heavy atom. The van der Waals surface area contributed by atoms with Crippen LogP contribution in [0, 0.1) is 13.8 Å². The zero-order valence-electron chi connectivity index (χ0n) is 16.2. The van der Waals surface area contributed by atoms with Crippen molar-refractivity contribution < 1.29 is 13.2 Å². The van der Waals surface area contributed by atoms with Crippen molar-refractivity contribution in [3.63, 3.8) is 0 Å². The molecule has 0 radical (unpaired) electrons. The van der Waals surface area contributed by atoms with Gasteiger partial charge in [0.1, 0.15) is 0 Å². The van der Waals surface area contributed by atoms with Crippen LogP contribution in [0.2, 0.25) is 0 Å². The van der Waals surface area contributed by atoms with E-state index in [0.29, 0.717) is 11.4 Å². The number of amides is 1. The highest BCUT2D eigenvalue weighted by Gasteiger charge is 2.13. The quantitative estimate of drug-likeness (QED) is 0.580. The lowest BCUT2D eigenvalue weighted by Crippen LogP contribution is -2.13. The first-order valence-corrected chi connectivity index (χ1v) is 10.6. The van der Waals surface area contributed by atoms with Crippen molar-refractivity contribution in [3.05, 3.63) is 95.6 Å². The summed E-state index contributed by atoms with van der Waals surface area (Å²) in [6.45, 7) is 3.90. The molecule has 0 aliphatic carbocycles. The van der Waals surface area contributed by atoms with Gasteiger partial charge < -0.3 is 5.32 Å². The number of rotatable bonds is 6. The number of nitrogens with one attached hydrogen (secondary N) is 2. The average Bonchev–Trinajstić information content (AvgIpc) is 2.69. The van der Waals surface area contributed by atoms with Crippen LogP contribution in [-0.2, 0) is 14.8 Å². The van der Waals surface area contributed by atoms with Crippen molar-refractivity contribution in [3.8, 4) is 0 Å². The lowest BCUT2D eigenvalue weighted by atomic mass is 10.1. The van der Waals surface area contributed by atoms with Crippen molar-refractivity contribution in [2.24, 2.45) is 0 Å². The fraction of sp³-hybridized carbons (Fsp3) is 0.0870. The van der Waals surface area contributed by atoms with Gasteiger partial charge in [-0.05, 0) is 61.9 Å². The van der Waals surface area contributed by atoms with Crippen molar-refractivity contribution in [1.82, 2.24) is 0 Å². The van der Waals surface area contributed by atoms with Gasteiger partial charge in [-0.2, -0.15) is 0 Å². The minimum atomic E-state index is -3.66. The van der Waals surface area contributed by atoms with E-state index in [0.717, 1.165) is 16.7 Å². The average molecular weight is 407 g/mol. The molecule has 0 unspecified atom stereocenters. The van der Waals surface area contributed by atoms with Crippen molar-refractivity contribution in [2.45, 2.75) is 18.7 Å². The SMILES string of the molecule is Cc1ccc(C=CC(=O)Nc2ccc(NS(=O)(=O)c3ccc(C)cc3)cc2)cc1. The van der Waals surface area contributed by atoms with Crippen LogP contribution in [0.3, 0.4) is 0 Å². The number of carbonyl (C=O) groups excluding carboxylic acids is 1. The highest BCUT2D eigenvalue weighted by atomic mass is 32.2. The second-order valence-corrected chi connectivity index (χ2v) is 8.41. The van der Waals surface area contributed by atoms with Crippen molar-refractivity contribution in [2.75, 3.05) is 10.0 Å². The van der Waals surface area contributed by atoms with E-state index in [4.69, 9.17) is 0 Å². The fourth-order valence-corrected chi connectivity index (χ4v) is 3.65. The first kappa shape index (κ1) is 20.4. The number of hydrogen-bond acceptors (Lipinski definition) is 3. The van der Waals surface area contributed by atoms with Crippen LogP contribution in [0.15, 0.2) is 83.8 Å². The van der Waals surface area contributed by atoms with Crippen LogP contribution in [0.4, 0.5) is 11.4 Å². The van der Waals surface area contributed by atoms with Crippen LogP contribution in [0.25, 0.3) is 6.08 Å². The number of sulfonamides is 1. The molecule has 0 bridgehead atoms. The largest absolute Gasteiger partial charge is 0.323 e. The second kappa shape index (κ2) is 8.75. The molecule has 3 rings (SSSR count). The number of hydrogen-bond donors (Lipinski definition) is 2. The Kier molecular flexibility index (Phi) is 6.14. The fourth-order valence-electron chi connectivity index (χ4n) is 2.59. The minimum absolute atomic E-state index is 0.196. The molecule has 0 heterocycles. The Hall–Kier alpha value is -3.38. The maximum absolute atomic E-state index is 12.4. The third kappa shape index (κ3) is 5.80. The topological polar surface area (TPSA) is 75.3 Å². The Morgan fingerprint density at radius 2 is 1.28 bits per heavy atom. The number of benzene rings is 3. The van der Waals surface area contributed by atoms with E-state index in [1.807, 2.05) is 38.1 Å². The summed E-state index contributed by atoms with van der Waals surface area (Å²) in [5, 5.41) is 2.75. The van der Waals surface area contributed by atoms with Gasteiger partial charge >= 0.3 is 0 Å². The molecule has 0 spiro atoms. The smallest absolute Gasteiger partial charge is 0.261 e. The van der Waals surface area contributed by atoms with Crippen LogP contribution < -0.4 is 10.0 Å². The first-order valence-electron chi connectivity index (χ1n) is 9.07. The third-order valence-electron chi connectivity index (χ3n) is 4.24. The number of anilines is 2. The molecule has 3 aromatic carbocycles. The molecule has 148 valence electrons.